The van der Waals surface area contributed by atoms with Gasteiger partial charge in [-0.15, -0.1) is 0 Å². The molecule has 0 bridgehead atoms. The number of esters is 4. The summed E-state index contributed by atoms with van der Waals surface area (Å²) in [5.41, 5.74) is 0. The van der Waals surface area contributed by atoms with Gasteiger partial charge in [-0.05, 0) is 37.5 Å². The third kappa shape index (κ3) is 76.1. The van der Waals surface area contributed by atoms with Crippen molar-refractivity contribution in [3.63, 3.8) is 0 Å². The lowest BCUT2D eigenvalue weighted by atomic mass is 10.0. The second-order valence-corrected chi connectivity index (χ2v) is 33.4. The molecule has 3 N–H and O–H groups in total. The Labute approximate surface area is 619 Å². The van der Waals surface area contributed by atoms with Crippen LogP contribution in [0, 0.1) is 11.8 Å². The number of phosphoric acid groups is 2. The second kappa shape index (κ2) is 73.6. The van der Waals surface area contributed by atoms with E-state index in [1.165, 1.54) is 244 Å². The highest BCUT2D eigenvalue weighted by Gasteiger charge is 2.30. The molecule has 0 aromatic heterocycles. The summed E-state index contributed by atoms with van der Waals surface area (Å²) < 4.78 is 68.7. The van der Waals surface area contributed by atoms with E-state index in [2.05, 4.69) is 41.5 Å². The Balaban J connectivity index is 5.19. The van der Waals surface area contributed by atoms with Crippen LogP contribution in [-0.2, 0) is 65.4 Å². The predicted molar refractivity (Wildman–Crippen MR) is 414 cm³/mol. The molecular weight excluding hydrogens is 1320 g/mol. The third-order valence-electron chi connectivity index (χ3n) is 19.2. The highest BCUT2D eigenvalue weighted by Crippen LogP contribution is 2.45. The lowest BCUT2D eigenvalue weighted by Crippen LogP contribution is -2.30. The molecule has 0 rings (SSSR count). The molecule has 0 aliphatic carbocycles. The summed E-state index contributed by atoms with van der Waals surface area (Å²) >= 11 is 0. The van der Waals surface area contributed by atoms with Crippen molar-refractivity contribution in [2.45, 2.75) is 452 Å². The summed E-state index contributed by atoms with van der Waals surface area (Å²) in [6.45, 7) is 9.64. The van der Waals surface area contributed by atoms with Crippen LogP contribution in [-0.4, -0.2) is 96.7 Å². The van der Waals surface area contributed by atoms with Crippen LogP contribution < -0.4 is 0 Å². The maximum absolute atomic E-state index is 13.1. The van der Waals surface area contributed by atoms with E-state index in [1.54, 1.807) is 0 Å². The van der Waals surface area contributed by atoms with Crippen molar-refractivity contribution in [2.75, 3.05) is 39.6 Å². The van der Waals surface area contributed by atoms with Crippen molar-refractivity contribution < 1.29 is 80.2 Å². The molecule has 17 nitrogen and oxygen atoms in total. The van der Waals surface area contributed by atoms with E-state index in [1.807, 2.05) is 0 Å². The minimum absolute atomic E-state index is 0.107. The Morgan fingerprint density at radius 3 is 0.673 bits per heavy atom. The monoisotopic (exact) mass is 1480 g/mol. The minimum atomic E-state index is -4.96. The molecule has 0 aliphatic heterocycles. The first-order chi connectivity index (χ1) is 48.9. The topological polar surface area (TPSA) is 237 Å². The number of aliphatic hydroxyl groups is 1. The second-order valence-electron chi connectivity index (χ2n) is 30.5. The Kier molecular flexibility index (Phi) is 72.2. The van der Waals surface area contributed by atoms with Gasteiger partial charge in [0, 0.05) is 25.7 Å². The molecule has 0 amide bonds. The number of aliphatic hydroxyl groups excluding tert-OH is 1. The van der Waals surface area contributed by atoms with Crippen LogP contribution in [0.4, 0.5) is 0 Å². The Morgan fingerprint density at radius 2 is 0.455 bits per heavy atom. The molecule has 0 fully saturated rings. The summed E-state index contributed by atoms with van der Waals surface area (Å²) in [6.07, 6.45) is 64.0. The van der Waals surface area contributed by atoms with Gasteiger partial charge >= 0.3 is 39.5 Å². The van der Waals surface area contributed by atoms with E-state index in [-0.39, 0.29) is 25.7 Å². The fraction of sp³-hybridized carbons (Fsp3) is 0.951. The quantitative estimate of drug-likeness (QED) is 0.0222. The number of hydrogen-bond acceptors (Lipinski definition) is 15. The molecule has 0 saturated heterocycles. The lowest BCUT2D eigenvalue weighted by molar-refractivity contribution is -0.161. The van der Waals surface area contributed by atoms with Crippen LogP contribution in [0.25, 0.3) is 0 Å². The number of unbranched alkanes of at least 4 members (excludes halogenated alkanes) is 51. The van der Waals surface area contributed by atoms with Gasteiger partial charge in [0.05, 0.1) is 26.4 Å². The van der Waals surface area contributed by atoms with E-state index < -0.39 is 97.5 Å². The van der Waals surface area contributed by atoms with Gasteiger partial charge in [-0.25, -0.2) is 9.13 Å². The Morgan fingerprint density at radius 1 is 0.267 bits per heavy atom. The molecule has 0 aromatic rings. The minimum Gasteiger partial charge on any atom is -0.462 e. The van der Waals surface area contributed by atoms with Gasteiger partial charge in [0.1, 0.15) is 19.3 Å². The summed E-state index contributed by atoms with van der Waals surface area (Å²) in [7, 11) is -9.92. The molecule has 19 heteroatoms. The maximum Gasteiger partial charge on any atom is 0.472 e. The van der Waals surface area contributed by atoms with E-state index in [0.717, 1.165) is 108 Å². The summed E-state index contributed by atoms with van der Waals surface area (Å²) in [5.74, 6) is -0.532. The van der Waals surface area contributed by atoms with E-state index in [4.69, 9.17) is 37.0 Å². The highest BCUT2D eigenvalue weighted by molar-refractivity contribution is 7.47. The number of hydrogen-bond donors (Lipinski definition) is 3. The number of carbonyl (C=O) groups excluding carboxylic acids is 4. The van der Waals surface area contributed by atoms with Crippen LogP contribution in [0.15, 0.2) is 0 Å². The molecule has 101 heavy (non-hydrogen) atoms. The first kappa shape index (κ1) is 99.1. The van der Waals surface area contributed by atoms with Crippen molar-refractivity contribution in [3.8, 4) is 0 Å². The van der Waals surface area contributed by atoms with Crippen LogP contribution in [0.2, 0.25) is 0 Å². The first-order valence-corrected chi connectivity index (χ1v) is 45.5. The molecule has 2 unspecified atom stereocenters. The van der Waals surface area contributed by atoms with Gasteiger partial charge in [0.15, 0.2) is 12.2 Å². The SMILES string of the molecule is CCCCCCCCCCCCCCCCCCCCCCC(=O)O[C@H](COC(=O)CCCCCCCCCCCCCCCCCCC(C)C)COP(=O)(O)OC[C@@H](O)COP(=O)(O)OC[C@@H](COC(=O)CCCCCCCCCC)OC(=O)CCCCCCCCCCCCCC(C)C. The largest absolute Gasteiger partial charge is 0.472 e. The number of ether oxygens (including phenoxy) is 4. The molecule has 600 valence electrons. The standard InChI is InChI=1S/C82H160O17P2/c1-7-9-11-13-15-17-18-19-20-21-22-23-24-29-32-37-42-48-54-60-66-81(86)99-78(71-93-80(85)65-59-53-47-41-36-31-28-26-25-27-30-34-39-44-50-56-62-74(3)4)73-97-101(90,91)95-69-76(83)68-94-100(88,89)96-72-77(70-92-79(84)64-58-52-46-16-14-12-10-8-2)98-82(87)67-61-55-49-43-38-33-35-40-45-51-57-63-75(5)6/h74-78,83H,7-73H2,1-6H3,(H,88,89)(H,90,91)/t76-,77+,78+/m0/s1. The van der Waals surface area contributed by atoms with E-state index in [9.17, 15) is 43.2 Å². The fourth-order valence-corrected chi connectivity index (χ4v) is 14.3. The summed E-state index contributed by atoms with van der Waals surface area (Å²) in [4.78, 5) is 73.0. The zero-order valence-corrected chi connectivity index (χ0v) is 68.0. The predicted octanol–water partition coefficient (Wildman–Crippen LogP) is 24.7. The Bertz CT molecular complexity index is 1940. The van der Waals surface area contributed by atoms with Crippen molar-refractivity contribution in [1.82, 2.24) is 0 Å². The van der Waals surface area contributed by atoms with E-state index >= 15 is 0 Å². The van der Waals surface area contributed by atoms with Crippen molar-refractivity contribution >= 4 is 39.5 Å². The first-order valence-electron chi connectivity index (χ1n) is 42.5. The van der Waals surface area contributed by atoms with Crippen LogP contribution in [0.1, 0.15) is 433 Å². The molecule has 0 spiro atoms. The fourth-order valence-electron chi connectivity index (χ4n) is 12.7. The van der Waals surface area contributed by atoms with Gasteiger partial charge < -0.3 is 33.8 Å². The average Bonchev–Trinajstić information content (AvgIpc) is 0.989. The van der Waals surface area contributed by atoms with Crippen LogP contribution in [0.5, 0.6) is 0 Å². The molecule has 0 aromatic carbocycles. The molecule has 0 heterocycles. The molecule has 0 radical (unpaired) electrons. The van der Waals surface area contributed by atoms with Gasteiger partial charge in [0.2, 0.25) is 0 Å². The highest BCUT2D eigenvalue weighted by atomic mass is 31.2. The summed E-state index contributed by atoms with van der Waals surface area (Å²) in [6, 6.07) is 0. The smallest absolute Gasteiger partial charge is 0.462 e. The zero-order chi connectivity index (χ0) is 74.2. The van der Waals surface area contributed by atoms with E-state index in [0.29, 0.717) is 25.7 Å². The molecule has 5 atom stereocenters. The van der Waals surface area contributed by atoms with Gasteiger partial charge in [-0.1, -0.05) is 382 Å². The van der Waals surface area contributed by atoms with Crippen molar-refractivity contribution in [3.05, 3.63) is 0 Å². The normalized spacial score (nSPS) is 13.9. The average molecular weight is 1480 g/mol. The molecule has 0 saturated carbocycles. The zero-order valence-electron chi connectivity index (χ0n) is 66.2. The Hall–Kier alpha value is -1.94. The number of phosphoric ester groups is 2. The van der Waals surface area contributed by atoms with Gasteiger partial charge in [-0.3, -0.25) is 37.3 Å². The van der Waals surface area contributed by atoms with Crippen LogP contribution in [0.3, 0.4) is 0 Å². The molecular formula is C82H160O17P2. The lowest BCUT2D eigenvalue weighted by Gasteiger charge is -2.21. The molecule has 0 aliphatic rings. The van der Waals surface area contributed by atoms with Gasteiger partial charge in [-0.2, -0.15) is 0 Å². The summed E-state index contributed by atoms with van der Waals surface area (Å²) in [5, 5.41) is 10.6. The number of carbonyl (C=O) groups is 4. The maximum atomic E-state index is 13.1. The van der Waals surface area contributed by atoms with Gasteiger partial charge in [0.25, 0.3) is 0 Å². The van der Waals surface area contributed by atoms with Crippen molar-refractivity contribution in [2.24, 2.45) is 11.8 Å². The number of rotatable bonds is 81. The third-order valence-corrected chi connectivity index (χ3v) is 21.1. The van der Waals surface area contributed by atoms with Crippen LogP contribution >= 0.6 is 15.6 Å². The van der Waals surface area contributed by atoms with Crippen molar-refractivity contribution in [1.29, 1.82) is 0 Å².